The molecule has 0 rings (SSSR count). The minimum Gasteiger partial charge on any atom is -0.394 e. The van der Waals surface area contributed by atoms with E-state index < -0.39 is 24.5 Å². The first-order valence-electron chi connectivity index (χ1n) is 4.98. The summed E-state index contributed by atoms with van der Waals surface area (Å²) in [6, 6.07) is 0. The molecule has 0 bridgehead atoms. The Morgan fingerprint density at radius 2 is 1.73 bits per heavy atom. The molecule has 0 aliphatic rings. The highest BCUT2D eigenvalue weighted by atomic mass is 16.5. The molecule has 0 aliphatic heterocycles. The van der Waals surface area contributed by atoms with E-state index in [9.17, 15) is 5.11 Å². The number of rotatable bonds is 8. The topological polar surface area (TPSA) is 116 Å². The molecular formula is C9H21NO5. The van der Waals surface area contributed by atoms with E-state index in [2.05, 4.69) is 0 Å². The molecule has 0 aromatic carbocycles. The van der Waals surface area contributed by atoms with Crippen LogP contribution in [0, 0.1) is 0 Å². The number of ether oxygens (including phenoxy) is 1. The van der Waals surface area contributed by atoms with Crippen LogP contribution < -0.4 is 5.73 Å². The molecular weight excluding hydrogens is 202 g/mol. The number of nitrogens with two attached hydrogens (primary N) is 1. The highest BCUT2D eigenvalue weighted by molar-refractivity contribution is 4.76. The number of hydrogen-bond donors (Lipinski definition) is 5. The van der Waals surface area contributed by atoms with Crippen molar-refractivity contribution in [1.82, 2.24) is 0 Å². The minimum absolute atomic E-state index is 0.0815. The molecule has 15 heavy (non-hydrogen) atoms. The molecule has 6 N–H and O–H groups in total. The molecule has 3 atom stereocenters. The fraction of sp³-hybridized carbons (Fsp3) is 1.00. The Hall–Kier alpha value is -0.240. The van der Waals surface area contributed by atoms with Gasteiger partial charge < -0.3 is 30.9 Å². The molecule has 0 saturated heterocycles. The molecule has 0 aliphatic carbocycles. The van der Waals surface area contributed by atoms with Crippen molar-refractivity contribution in [2.45, 2.75) is 37.7 Å². The molecule has 0 heterocycles. The second-order valence-electron chi connectivity index (χ2n) is 3.61. The van der Waals surface area contributed by atoms with Crippen molar-refractivity contribution in [1.29, 1.82) is 0 Å². The van der Waals surface area contributed by atoms with E-state index in [1.54, 1.807) is 6.92 Å². The molecule has 3 unspecified atom stereocenters. The Morgan fingerprint density at radius 1 is 1.20 bits per heavy atom. The van der Waals surface area contributed by atoms with Gasteiger partial charge in [0.15, 0.2) is 0 Å². The lowest BCUT2D eigenvalue weighted by molar-refractivity contribution is -0.110. The molecule has 92 valence electrons. The van der Waals surface area contributed by atoms with Crippen molar-refractivity contribution in [3.05, 3.63) is 0 Å². The predicted octanol–water partition coefficient (Wildman–Crippen LogP) is -1.84. The summed E-state index contributed by atoms with van der Waals surface area (Å²) in [7, 11) is 0. The molecule has 0 amide bonds. The first kappa shape index (κ1) is 14.8. The lowest BCUT2D eigenvalue weighted by Gasteiger charge is -2.30. The van der Waals surface area contributed by atoms with Gasteiger partial charge in [-0.15, -0.1) is 0 Å². The van der Waals surface area contributed by atoms with E-state index in [4.69, 9.17) is 25.8 Å². The Labute approximate surface area is 89.3 Å². The highest BCUT2D eigenvalue weighted by Crippen LogP contribution is 2.16. The Bertz CT molecular complexity index is 169. The van der Waals surface area contributed by atoms with Gasteiger partial charge in [-0.1, -0.05) is 6.92 Å². The quantitative estimate of drug-likeness (QED) is 0.309. The SMILES string of the molecule is CCC(N)(CC(O)CO)OCC(O)CO. The van der Waals surface area contributed by atoms with Crippen LogP contribution in [0.4, 0.5) is 0 Å². The fourth-order valence-electron chi connectivity index (χ4n) is 1.08. The average Bonchev–Trinajstić information content (AvgIpc) is 2.25. The summed E-state index contributed by atoms with van der Waals surface area (Å²) in [5.41, 5.74) is 4.71. The van der Waals surface area contributed by atoms with E-state index in [0.29, 0.717) is 6.42 Å². The van der Waals surface area contributed by atoms with Crippen molar-refractivity contribution in [3.8, 4) is 0 Å². The number of hydrogen-bond acceptors (Lipinski definition) is 6. The van der Waals surface area contributed by atoms with Crippen LogP contribution in [0.5, 0.6) is 0 Å². The van der Waals surface area contributed by atoms with Crippen LogP contribution in [0.15, 0.2) is 0 Å². The molecule has 0 aromatic rings. The Morgan fingerprint density at radius 3 is 2.13 bits per heavy atom. The van der Waals surface area contributed by atoms with E-state index >= 15 is 0 Å². The summed E-state index contributed by atoms with van der Waals surface area (Å²) in [5, 5.41) is 35.5. The van der Waals surface area contributed by atoms with Crippen LogP contribution in [0.1, 0.15) is 19.8 Å². The third-order valence-corrected chi connectivity index (χ3v) is 2.16. The van der Waals surface area contributed by atoms with Crippen LogP contribution in [0.25, 0.3) is 0 Å². The maximum Gasteiger partial charge on any atom is 0.119 e. The maximum atomic E-state index is 9.23. The predicted molar refractivity (Wildman–Crippen MR) is 54.0 cm³/mol. The van der Waals surface area contributed by atoms with Gasteiger partial charge in [0.05, 0.1) is 25.9 Å². The third kappa shape index (κ3) is 6.03. The summed E-state index contributed by atoms with van der Waals surface area (Å²) in [6.45, 7) is 0.890. The van der Waals surface area contributed by atoms with Gasteiger partial charge in [0, 0.05) is 6.42 Å². The van der Waals surface area contributed by atoms with Crippen molar-refractivity contribution >= 4 is 0 Å². The van der Waals surface area contributed by atoms with Crippen molar-refractivity contribution < 1.29 is 25.2 Å². The summed E-state index contributed by atoms with van der Waals surface area (Å²) in [5.74, 6) is 0. The molecule has 6 nitrogen and oxygen atoms in total. The van der Waals surface area contributed by atoms with Gasteiger partial charge in [-0.25, -0.2) is 0 Å². The van der Waals surface area contributed by atoms with Gasteiger partial charge in [-0.2, -0.15) is 0 Å². The van der Waals surface area contributed by atoms with Crippen LogP contribution >= 0.6 is 0 Å². The number of aliphatic hydroxyl groups excluding tert-OH is 4. The van der Waals surface area contributed by atoms with Crippen LogP contribution in [-0.4, -0.2) is 58.2 Å². The lowest BCUT2D eigenvalue weighted by Crippen LogP contribution is -2.47. The number of aliphatic hydroxyl groups is 4. The summed E-state index contributed by atoms with van der Waals surface area (Å²) >= 11 is 0. The monoisotopic (exact) mass is 223 g/mol. The van der Waals surface area contributed by atoms with Crippen LogP contribution in [0.2, 0.25) is 0 Å². The summed E-state index contributed by atoms with van der Waals surface area (Å²) in [6.07, 6.45) is -1.41. The normalized spacial score (nSPS) is 19.6. The summed E-state index contributed by atoms with van der Waals surface area (Å²) in [4.78, 5) is 0. The molecule has 0 aromatic heterocycles. The maximum absolute atomic E-state index is 9.23. The van der Waals surface area contributed by atoms with Gasteiger partial charge in [0.25, 0.3) is 0 Å². The third-order valence-electron chi connectivity index (χ3n) is 2.16. The Balaban J connectivity index is 4.06. The Kier molecular flexibility index (Phi) is 6.99. The molecule has 0 saturated carbocycles. The van der Waals surface area contributed by atoms with E-state index in [0.717, 1.165) is 0 Å². The fourth-order valence-corrected chi connectivity index (χ4v) is 1.08. The van der Waals surface area contributed by atoms with E-state index in [1.165, 1.54) is 0 Å². The summed E-state index contributed by atoms with van der Waals surface area (Å²) < 4.78 is 5.20. The average molecular weight is 223 g/mol. The van der Waals surface area contributed by atoms with Gasteiger partial charge >= 0.3 is 0 Å². The van der Waals surface area contributed by atoms with E-state index in [1.807, 2.05) is 0 Å². The zero-order valence-corrected chi connectivity index (χ0v) is 8.96. The zero-order chi connectivity index (χ0) is 11.9. The lowest BCUT2D eigenvalue weighted by atomic mass is 10.0. The van der Waals surface area contributed by atoms with E-state index in [-0.39, 0.29) is 19.6 Å². The molecule has 0 spiro atoms. The smallest absolute Gasteiger partial charge is 0.119 e. The van der Waals surface area contributed by atoms with Crippen molar-refractivity contribution in [2.75, 3.05) is 19.8 Å². The second kappa shape index (κ2) is 7.10. The first-order chi connectivity index (χ1) is 6.97. The largest absolute Gasteiger partial charge is 0.394 e. The zero-order valence-electron chi connectivity index (χ0n) is 8.96. The van der Waals surface area contributed by atoms with Gasteiger partial charge in [0.1, 0.15) is 11.8 Å². The minimum atomic E-state index is -1.09. The van der Waals surface area contributed by atoms with Gasteiger partial charge in [-0.3, -0.25) is 0 Å². The van der Waals surface area contributed by atoms with Crippen LogP contribution in [0.3, 0.4) is 0 Å². The highest BCUT2D eigenvalue weighted by Gasteiger charge is 2.27. The van der Waals surface area contributed by atoms with Crippen molar-refractivity contribution in [3.63, 3.8) is 0 Å². The van der Waals surface area contributed by atoms with Crippen molar-refractivity contribution in [2.24, 2.45) is 5.73 Å². The van der Waals surface area contributed by atoms with Gasteiger partial charge in [-0.05, 0) is 6.42 Å². The molecule has 0 radical (unpaired) electrons. The second-order valence-corrected chi connectivity index (χ2v) is 3.61. The van der Waals surface area contributed by atoms with Gasteiger partial charge in [0.2, 0.25) is 0 Å². The molecule has 0 fully saturated rings. The molecule has 6 heteroatoms. The standard InChI is InChI=1S/C9H21NO5/c1-2-9(10,3-7(13)4-11)15-6-8(14)5-12/h7-8,11-14H,2-6,10H2,1H3. The van der Waals surface area contributed by atoms with Crippen LogP contribution in [-0.2, 0) is 4.74 Å². The first-order valence-corrected chi connectivity index (χ1v) is 4.98.